The second-order valence-corrected chi connectivity index (χ2v) is 5.63. The number of hydrogen-bond donors (Lipinski definition) is 0. The van der Waals surface area contributed by atoms with E-state index in [1.54, 1.807) is 0 Å². The van der Waals surface area contributed by atoms with Crippen LogP contribution in [0.4, 0.5) is 22.0 Å². The van der Waals surface area contributed by atoms with Gasteiger partial charge in [0.15, 0.2) is 11.6 Å². The number of nitrogens with zero attached hydrogens (tertiary/aromatic N) is 3. The highest BCUT2D eigenvalue weighted by Crippen LogP contribution is 2.36. The summed E-state index contributed by atoms with van der Waals surface area (Å²) in [6, 6.07) is 6.66. The Balaban J connectivity index is 2.16. The third kappa shape index (κ3) is 3.48. The van der Waals surface area contributed by atoms with Gasteiger partial charge in [0.1, 0.15) is 17.4 Å². The third-order valence-corrected chi connectivity index (χ3v) is 3.70. The van der Waals surface area contributed by atoms with Crippen LogP contribution in [0.1, 0.15) is 0 Å². The zero-order valence-electron chi connectivity index (χ0n) is 13.0. The van der Waals surface area contributed by atoms with E-state index in [1.165, 1.54) is 25.2 Å². The number of ether oxygens (including phenoxy) is 1. The average Bonchev–Trinajstić information content (AvgIpc) is 2.89. The number of alkyl halides is 3. The molecule has 0 saturated carbocycles. The van der Waals surface area contributed by atoms with Crippen LogP contribution >= 0.6 is 11.6 Å². The van der Waals surface area contributed by atoms with Crippen molar-refractivity contribution in [3.05, 3.63) is 53.1 Å². The summed E-state index contributed by atoms with van der Waals surface area (Å²) in [7, 11) is 1.36. The van der Waals surface area contributed by atoms with Crippen LogP contribution in [-0.4, -0.2) is 21.1 Å². The van der Waals surface area contributed by atoms with E-state index in [4.69, 9.17) is 11.6 Å². The van der Waals surface area contributed by atoms with Gasteiger partial charge in [-0.2, -0.15) is 0 Å². The topological polar surface area (TPSA) is 39.9 Å². The molecule has 0 atom stereocenters. The second kappa shape index (κ2) is 6.56. The molecule has 0 aliphatic heterocycles. The molecule has 3 rings (SSSR count). The highest BCUT2D eigenvalue weighted by Gasteiger charge is 2.33. The Labute approximate surface area is 148 Å². The van der Waals surface area contributed by atoms with Crippen LogP contribution in [0, 0.1) is 11.6 Å². The summed E-state index contributed by atoms with van der Waals surface area (Å²) in [4.78, 5) is 0. The SMILES string of the molecule is Cn1c(-c2cc(Cl)ccc2OC(F)(F)F)nnc1-c1c(F)cccc1F. The molecule has 4 nitrogen and oxygen atoms in total. The lowest BCUT2D eigenvalue weighted by atomic mass is 10.1. The molecule has 2 aromatic carbocycles. The second-order valence-electron chi connectivity index (χ2n) is 5.19. The van der Waals surface area contributed by atoms with Gasteiger partial charge in [-0.15, -0.1) is 23.4 Å². The van der Waals surface area contributed by atoms with Gasteiger partial charge in [0.25, 0.3) is 0 Å². The molecule has 1 heterocycles. The zero-order chi connectivity index (χ0) is 19.1. The first kappa shape index (κ1) is 18.1. The van der Waals surface area contributed by atoms with Gasteiger partial charge >= 0.3 is 6.36 Å². The molecule has 0 fully saturated rings. The minimum atomic E-state index is -4.94. The number of halogens is 6. The highest BCUT2D eigenvalue weighted by atomic mass is 35.5. The molecule has 10 heteroatoms. The largest absolute Gasteiger partial charge is 0.573 e. The molecular formula is C16H9ClF5N3O. The summed E-state index contributed by atoms with van der Waals surface area (Å²) in [5.74, 6) is -2.65. The third-order valence-electron chi connectivity index (χ3n) is 3.47. The van der Waals surface area contributed by atoms with Gasteiger partial charge in [-0.25, -0.2) is 8.78 Å². The maximum atomic E-state index is 14.0. The van der Waals surface area contributed by atoms with Crippen molar-refractivity contribution in [2.75, 3.05) is 0 Å². The van der Waals surface area contributed by atoms with Gasteiger partial charge in [-0.3, -0.25) is 0 Å². The molecular weight excluding hydrogens is 381 g/mol. The normalized spacial score (nSPS) is 11.7. The number of hydrogen-bond acceptors (Lipinski definition) is 3. The molecule has 26 heavy (non-hydrogen) atoms. The number of benzene rings is 2. The maximum absolute atomic E-state index is 14.0. The summed E-state index contributed by atoms with van der Waals surface area (Å²) >= 11 is 5.85. The van der Waals surface area contributed by atoms with Crippen molar-refractivity contribution >= 4 is 11.6 Å². The van der Waals surface area contributed by atoms with Crippen molar-refractivity contribution in [2.24, 2.45) is 7.05 Å². The van der Waals surface area contributed by atoms with Gasteiger partial charge in [-0.05, 0) is 30.3 Å². The zero-order valence-corrected chi connectivity index (χ0v) is 13.7. The van der Waals surface area contributed by atoms with Crippen LogP contribution in [0.25, 0.3) is 22.8 Å². The van der Waals surface area contributed by atoms with Gasteiger partial charge in [0.2, 0.25) is 0 Å². The Morgan fingerprint density at radius 1 is 1.00 bits per heavy atom. The molecule has 0 amide bonds. The van der Waals surface area contributed by atoms with Gasteiger partial charge in [0.05, 0.1) is 11.1 Å². The quantitative estimate of drug-likeness (QED) is 0.593. The van der Waals surface area contributed by atoms with Crippen molar-refractivity contribution < 1.29 is 26.7 Å². The van der Waals surface area contributed by atoms with Crippen LogP contribution in [0.3, 0.4) is 0 Å². The standard InChI is InChI=1S/C16H9ClF5N3O/c1-25-14(9-7-8(17)5-6-12(9)26-16(20,21)22)23-24-15(25)13-10(18)3-2-4-11(13)19/h2-7H,1H3. The fourth-order valence-corrected chi connectivity index (χ4v) is 2.56. The van der Waals surface area contributed by atoms with Crippen LogP contribution in [0.5, 0.6) is 5.75 Å². The molecule has 1 aromatic heterocycles. The van der Waals surface area contributed by atoms with E-state index in [-0.39, 0.29) is 22.2 Å². The summed E-state index contributed by atoms with van der Waals surface area (Å²) < 4.78 is 70.9. The van der Waals surface area contributed by atoms with Crippen molar-refractivity contribution in [1.82, 2.24) is 14.8 Å². The number of rotatable bonds is 3. The monoisotopic (exact) mass is 389 g/mol. The Morgan fingerprint density at radius 3 is 2.23 bits per heavy atom. The van der Waals surface area contributed by atoms with E-state index in [1.807, 2.05) is 0 Å². The van der Waals surface area contributed by atoms with E-state index in [0.717, 1.165) is 22.8 Å². The van der Waals surface area contributed by atoms with Gasteiger partial charge in [0, 0.05) is 12.1 Å². The Hall–Kier alpha value is -2.68. The van der Waals surface area contributed by atoms with Crippen LogP contribution in [-0.2, 0) is 7.05 Å². The molecule has 0 N–H and O–H groups in total. The molecule has 0 bridgehead atoms. The summed E-state index contributed by atoms with van der Waals surface area (Å²) in [6.45, 7) is 0. The molecule has 136 valence electrons. The van der Waals surface area contributed by atoms with Crippen molar-refractivity contribution in [1.29, 1.82) is 0 Å². The summed E-state index contributed by atoms with van der Waals surface area (Å²) in [5, 5.41) is 7.58. The predicted molar refractivity (Wildman–Crippen MR) is 83.5 cm³/mol. The van der Waals surface area contributed by atoms with E-state index < -0.39 is 29.3 Å². The summed E-state index contributed by atoms with van der Waals surface area (Å²) in [5.41, 5.74) is -0.582. The Morgan fingerprint density at radius 2 is 1.62 bits per heavy atom. The van der Waals surface area contributed by atoms with Crippen molar-refractivity contribution in [3.8, 4) is 28.5 Å². The smallest absolute Gasteiger partial charge is 0.405 e. The summed E-state index contributed by atoms with van der Waals surface area (Å²) in [6.07, 6.45) is -4.94. The fraction of sp³-hybridized carbons (Fsp3) is 0.125. The molecule has 0 saturated heterocycles. The molecule has 0 aliphatic rings. The Bertz CT molecular complexity index is 951. The Kier molecular flexibility index (Phi) is 4.57. The van der Waals surface area contributed by atoms with Crippen molar-refractivity contribution in [2.45, 2.75) is 6.36 Å². The van der Waals surface area contributed by atoms with E-state index in [0.29, 0.717) is 0 Å². The minimum absolute atomic E-state index is 0.107. The minimum Gasteiger partial charge on any atom is -0.405 e. The first-order valence-corrected chi connectivity index (χ1v) is 7.44. The van der Waals surface area contributed by atoms with E-state index in [2.05, 4.69) is 14.9 Å². The molecule has 0 radical (unpaired) electrons. The lowest BCUT2D eigenvalue weighted by molar-refractivity contribution is -0.274. The van der Waals surface area contributed by atoms with Crippen LogP contribution < -0.4 is 4.74 Å². The lowest BCUT2D eigenvalue weighted by Gasteiger charge is -2.13. The first-order valence-electron chi connectivity index (χ1n) is 7.07. The molecule has 0 unspecified atom stereocenters. The van der Waals surface area contributed by atoms with Crippen LogP contribution in [0.2, 0.25) is 5.02 Å². The van der Waals surface area contributed by atoms with E-state index >= 15 is 0 Å². The molecule has 0 aliphatic carbocycles. The highest BCUT2D eigenvalue weighted by molar-refractivity contribution is 6.30. The van der Waals surface area contributed by atoms with Crippen molar-refractivity contribution in [3.63, 3.8) is 0 Å². The van der Waals surface area contributed by atoms with Gasteiger partial charge in [-0.1, -0.05) is 17.7 Å². The fourth-order valence-electron chi connectivity index (χ4n) is 2.38. The first-order chi connectivity index (χ1) is 12.2. The lowest BCUT2D eigenvalue weighted by Crippen LogP contribution is -2.18. The predicted octanol–water partition coefficient (Wildman–Crippen LogP) is 4.98. The maximum Gasteiger partial charge on any atom is 0.573 e. The van der Waals surface area contributed by atoms with Crippen LogP contribution in [0.15, 0.2) is 36.4 Å². The average molecular weight is 390 g/mol. The molecule has 3 aromatic rings. The van der Waals surface area contributed by atoms with Gasteiger partial charge < -0.3 is 9.30 Å². The molecule has 0 spiro atoms. The number of aromatic nitrogens is 3. The van der Waals surface area contributed by atoms with E-state index in [9.17, 15) is 22.0 Å².